The molecular formula is C21H24FN9O. The molecule has 0 saturated heterocycles. The average Bonchev–Trinajstić information content (AvgIpc) is 3.09. The normalized spacial score (nSPS) is 17.9. The van der Waals surface area contributed by atoms with Crippen LogP contribution < -0.4 is 20.7 Å². The van der Waals surface area contributed by atoms with E-state index in [0.29, 0.717) is 34.0 Å². The van der Waals surface area contributed by atoms with Gasteiger partial charge in [0.1, 0.15) is 23.7 Å². The number of nitrogens with zero attached hydrogens (tertiary/aromatic N) is 7. The van der Waals surface area contributed by atoms with Crippen molar-refractivity contribution in [1.29, 1.82) is 5.26 Å². The number of anilines is 3. The molecule has 3 N–H and O–H groups in total. The molecule has 3 heterocycles. The molecule has 2 aromatic heterocycles. The van der Waals surface area contributed by atoms with Crippen molar-refractivity contribution in [2.24, 2.45) is 7.05 Å². The molecule has 4 rings (SSSR count). The fourth-order valence-corrected chi connectivity index (χ4v) is 3.77. The molecule has 0 spiro atoms. The largest absolute Gasteiger partial charge is 0.467 e. The van der Waals surface area contributed by atoms with Crippen LogP contribution in [0.2, 0.25) is 0 Å². The average molecular weight is 437 g/mol. The number of nitriles is 1. The maximum absolute atomic E-state index is 14.1. The highest BCUT2D eigenvalue weighted by molar-refractivity contribution is 5.79. The minimum atomic E-state index is -0.587. The molecule has 1 aliphatic heterocycles. The van der Waals surface area contributed by atoms with Gasteiger partial charge in [0.2, 0.25) is 0 Å². The number of nitrogens with one attached hydrogen (secondary N) is 1. The molecule has 166 valence electrons. The van der Waals surface area contributed by atoms with E-state index in [1.807, 2.05) is 30.9 Å². The molecule has 0 saturated carbocycles. The zero-order chi connectivity index (χ0) is 23.2. The van der Waals surface area contributed by atoms with Gasteiger partial charge in [-0.25, -0.2) is 14.4 Å². The summed E-state index contributed by atoms with van der Waals surface area (Å²) >= 11 is 0. The number of rotatable bonds is 1. The van der Waals surface area contributed by atoms with Gasteiger partial charge in [-0.2, -0.15) is 10.4 Å². The molecule has 0 radical (unpaired) electrons. The lowest BCUT2D eigenvalue weighted by Gasteiger charge is -2.36. The minimum Gasteiger partial charge on any atom is -0.467 e. The summed E-state index contributed by atoms with van der Waals surface area (Å²) in [6.07, 6.45) is 0.503. The van der Waals surface area contributed by atoms with Gasteiger partial charge in [0.15, 0.2) is 17.9 Å². The number of benzene rings is 1. The lowest BCUT2D eigenvalue weighted by Crippen LogP contribution is -2.49. The molecule has 2 unspecified atom stereocenters. The van der Waals surface area contributed by atoms with Gasteiger partial charge < -0.3 is 20.7 Å². The summed E-state index contributed by atoms with van der Waals surface area (Å²) in [6, 6.07) is 6.65. The highest BCUT2D eigenvalue weighted by Gasteiger charge is 2.30. The van der Waals surface area contributed by atoms with Crippen LogP contribution in [0.4, 0.5) is 21.7 Å². The van der Waals surface area contributed by atoms with E-state index in [-0.39, 0.29) is 17.5 Å². The maximum Gasteiger partial charge on any atom is 0.258 e. The van der Waals surface area contributed by atoms with Crippen molar-refractivity contribution in [3.8, 4) is 23.2 Å². The zero-order valence-corrected chi connectivity index (χ0v) is 18.5. The molecule has 2 bridgehead atoms. The zero-order valence-electron chi connectivity index (χ0n) is 18.5. The second-order valence-corrected chi connectivity index (χ2v) is 7.81. The maximum atomic E-state index is 14.1. The van der Waals surface area contributed by atoms with Crippen LogP contribution in [-0.2, 0) is 7.05 Å². The van der Waals surface area contributed by atoms with Gasteiger partial charge in [-0.05, 0) is 39.2 Å². The minimum absolute atomic E-state index is 0.0899. The standard InChI is InChI=1S/C21H24FN9O/c1-11-13-8-12(22)6-7-14(13)27-21(29(2)3)30(4)19-17(16(9-23)31(5)28-19)15-10-25-18(24)20(26-15)32-11/h6-8,10-11,21,27H,1-5H3,(H2,24,25). The Morgan fingerprint density at radius 1 is 1.31 bits per heavy atom. The number of hydrogen-bond acceptors (Lipinski definition) is 9. The van der Waals surface area contributed by atoms with E-state index >= 15 is 0 Å². The summed E-state index contributed by atoms with van der Waals surface area (Å²) < 4.78 is 21.7. The molecular weight excluding hydrogens is 413 g/mol. The van der Waals surface area contributed by atoms with Gasteiger partial charge in [0.05, 0.1) is 17.5 Å². The van der Waals surface area contributed by atoms with Crippen LogP contribution in [0.15, 0.2) is 24.4 Å². The molecule has 0 aliphatic carbocycles. The number of fused-ring (bicyclic) bond motifs is 5. The topological polar surface area (TPSA) is 121 Å². The quantitative estimate of drug-likeness (QED) is 0.591. The molecule has 0 amide bonds. The van der Waals surface area contributed by atoms with Crippen molar-refractivity contribution >= 4 is 17.3 Å². The fourth-order valence-electron chi connectivity index (χ4n) is 3.77. The van der Waals surface area contributed by atoms with E-state index < -0.39 is 12.4 Å². The third kappa shape index (κ3) is 3.54. The lowest BCUT2D eigenvalue weighted by atomic mass is 10.1. The Bertz CT molecular complexity index is 1220. The van der Waals surface area contributed by atoms with Crippen LogP contribution in [0.1, 0.15) is 24.3 Å². The highest BCUT2D eigenvalue weighted by atomic mass is 19.1. The molecule has 11 heteroatoms. The highest BCUT2D eigenvalue weighted by Crippen LogP contribution is 2.37. The van der Waals surface area contributed by atoms with Gasteiger partial charge in [-0.15, -0.1) is 0 Å². The SMILES string of the molecule is CC1Oc2nc(cnc2N)-c2c(nn(C)c2C#N)N(C)C(N(C)C)Nc2ccc(F)cc21. The van der Waals surface area contributed by atoms with E-state index in [1.54, 1.807) is 20.0 Å². The predicted molar refractivity (Wildman–Crippen MR) is 118 cm³/mol. The van der Waals surface area contributed by atoms with E-state index in [2.05, 4.69) is 26.5 Å². The third-order valence-electron chi connectivity index (χ3n) is 5.37. The van der Waals surface area contributed by atoms with Crippen LogP contribution in [-0.4, -0.2) is 52.1 Å². The second-order valence-electron chi connectivity index (χ2n) is 7.81. The molecule has 1 aromatic carbocycles. The van der Waals surface area contributed by atoms with Crippen LogP contribution in [0.25, 0.3) is 11.3 Å². The Hall–Kier alpha value is -3.91. The van der Waals surface area contributed by atoms with Gasteiger partial charge in [0, 0.05) is 25.3 Å². The Labute approximate surface area is 185 Å². The van der Waals surface area contributed by atoms with Crippen LogP contribution >= 0.6 is 0 Å². The monoisotopic (exact) mass is 437 g/mol. The summed E-state index contributed by atoms with van der Waals surface area (Å²) in [5.41, 5.74) is 8.51. The van der Waals surface area contributed by atoms with Gasteiger partial charge in [0.25, 0.3) is 5.88 Å². The molecule has 10 nitrogen and oxygen atoms in total. The first-order valence-corrected chi connectivity index (χ1v) is 9.93. The van der Waals surface area contributed by atoms with Crippen LogP contribution in [0, 0.1) is 17.1 Å². The Kier molecular flexibility index (Phi) is 5.31. The lowest BCUT2D eigenvalue weighted by molar-refractivity contribution is 0.218. The summed E-state index contributed by atoms with van der Waals surface area (Å²) in [4.78, 5) is 12.6. The predicted octanol–water partition coefficient (Wildman–Crippen LogP) is 2.32. The first-order chi connectivity index (χ1) is 15.2. The summed E-state index contributed by atoms with van der Waals surface area (Å²) in [7, 11) is 7.35. The summed E-state index contributed by atoms with van der Waals surface area (Å²) in [6.45, 7) is 1.78. The first kappa shape index (κ1) is 21.3. The van der Waals surface area contributed by atoms with E-state index in [9.17, 15) is 9.65 Å². The molecule has 2 atom stereocenters. The Morgan fingerprint density at radius 2 is 2.06 bits per heavy atom. The molecule has 1 aliphatic rings. The number of aryl methyl sites for hydroxylation is 1. The molecule has 0 fully saturated rings. The number of ether oxygens (including phenoxy) is 1. The Balaban J connectivity index is 2.01. The number of nitrogen functional groups attached to an aromatic ring is 1. The number of nitrogens with two attached hydrogens (primary N) is 1. The van der Waals surface area contributed by atoms with Gasteiger partial charge >= 0.3 is 0 Å². The smallest absolute Gasteiger partial charge is 0.258 e. The van der Waals surface area contributed by atoms with E-state index in [4.69, 9.17) is 10.5 Å². The van der Waals surface area contributed by atoms with E-state index in [0.717, 1.165) is 0 Å². The van der Waals surface area contributed by atoms with Gasteiger partial charge in [-0.3, -0.25) is 9.58 Å². The summed E-state index contributed by atoms with van der Waals surface area (Å²) in [5.74, 6) is 0.308. The van der Waals surface area contributed by atoms with E-state index in [1.165, 1.54) is 23.0 Å². The second kappa shape index (κ2) is 7.97. The van der Waals surface area contributed by atoms with Crippen molar-refractivity contribution in [3.05, 3.63) is 41.5 Å². The number of aromatic nitrogens is 4. The van der Waals surface area contributed by atoms with Crippen molar-refractivity contribution in [2.75, 3.05) is 37.1 Å². The number of hydrogen-bond donors (Lipinski definition) is 2. The Morgan fingerprint density at radius 3 is 2.75 bits per heavy atom. The molecule has 32 heavy (non-hydrogen) atoms. The van der Waals surface area contributed by atoms with Crippen molar-refractivity contribution < 1.29 is 9.13 Å². The fraction of sp³-hybridized carbons (Fsp3) is 0.333. The number of halogens is 1. The van der Waals surface area contributed by atoms with Crippen LogP contribution in [0.5, 0.6) is 5.88 Å². The van der Waals surface area contributed by atoms with Gasteiger partial charge in [-0.1, -0.05) is 0 Å². The third-order valence-corrected chi connectivity index (χ3v) is 5.37. The summed E-state index contributed by atoms with van der Waals surface area (Å²) in [5, 5.41) is 17.8. The van der Waals surface area contributed by atoms with Crippen LogP contribution in [0.3, 0.4) is 0 Å². The van der Waals surface area contributed by atoms with Crippen molar-refractivity contribution in [3.63, 3.8) is 0 Å². The molecule has 3 aromatic rings. The first-order valence-electron chi connectivity index (χ1n) is 9.93. The van der Waals surface area contributed by atoms with Crippen molar-refractivity contribution in [1.82, 2.24) is 24.6 Å². The van der Waals surface area contributed by atoms with Crippen molar-refractivity contribution in [2.45, 2.75) is 19.3 Å².